The first kappa shape index (κ1) is 54.3. The molecule has 3 aromatic carbocycles. The van der Waals surface area contributed by atoms with E-state index in [0.717, 1.165) is 12.8 Å². The number of imidazole rings is 2. The van der Waals surface area contributed by atoms with Crippen molar-refractivity contribution in [1.29, 1.82) is 0 Å². The van der Waals surface area contributed by atoms with Gasteiger partial charge in [0.2, 0.25) is 11.8 Å². The smallest absolute Gasteiger partial charge is 0.405 e. The molecule has 5 aromatic rings. The van der Waals surface area contributed by atoms with Gasteiger partial charge in [-0.05, 0) is 137 Å². The number of aromatic nitrogens is 4. The third kappa shape index (κ3) is 10.8. The number of ether oxygens (including phenoxy) is 2. The summed E-state index contributed by atoms with van der Waals surface area (Å²) in [5, 5.41) is 24.4. The van der Waals surface area contributed by atoms with Crippen LogP contribution in [0.1, 0.15) is 145 Å². The molecule has 11 rings (SSSR count). The van der Waals surface area contributed by atoms with Gasteiger partial charge < -0.3 is 59.9 Å². The van der Waals surface area contributed by atoms with Gasteiger partial charge in [-0.1, -0.05) is 20.8 Å². The van der Waals surface area contributed by atoms with Crippen molar-refractivity contribution in [2.75, 3.05) is 62.4 Å². The number of anilines is 2. The summed E-state index contributed by atoms with van der Waals surface area (Å²) in [5.41, 5.74) is 1.75. The van der Waals surface area contributed by atoms with Gasteiger partial charge in [-0.25, -0.2) is 37.1 Å². The summed E-state index contributed by atoms with van der Waals surface area (Å²) >= 11 is 0. The number of likely N-dealkylation sites (tertiary alicyclic amines) is 2. The molecular formula is C57H70F4N10O8. The van der Waals surface area contributed by atoms with E-state index >= 15 is 17.6 Å². The lowest BCUT2D eigenvalue weighted by Crippen LogP contribution is -2.52. The number of hydrogen-bond donors (Lipinski definition) is 6. The Morgan fingerprint density at radius 1 is 0.582 bits per heavy atom. The molecule has 6 aliphatic heterocycles. The van der Waals surface area contributed by atoms with E-state index in [1.807, 2.05) is 0 Å². The molecule has 6 atom stereocenters. The maximum absolute atomic E-state index is 17.0. The van der Waals surface area contributed by atoms with Crippen LogP contribution in [-0.4, -0.2) is 129 Å². The Hall–Kier alpha value is -6.68. The van der Waals surface area contributed by atoms with E-state index in [1.54, 1.807) is 31.7 Å². The lowest BCUT2D eigenvalue weighted by molar-refractivity contribution is -0.137. The molecule has 18 nitrogen and oxygen atoms in total. The highest BCUT2D eigenvalue weighted by Gasteiger charge is 2.44. The van der Waals surface area contributed by atoms with Gasteiger partial charge in [0.25, 0.3) is 0 Å². The molecule has 0 bridgehead atoms. The summed E-state index contributed by atoms with van der Waals surface area (Å²) in [5.74, 6) is -2.93. The van der Waals surface area contributed by atoms with E-state index in [1.165, 1.54) is 24.3 Å². The van der Waals surface area contributed by atoms with Crippen LogP contribution in [-0.2, 0) is 19.1 Å². The quantitative estimate of drug-likeness (QED) is 0.0643. The number of benzene rings is 3. The van der Waals surface area contributed by atoms with Gasteiger partial charge in [0.1, 0.15) is 41.1 Å². The lowest BCUT2D eigenvalue weighted by atomic mass is 9.75. The summed E-state index contributed by atoms with van der Waals surface area (Å²) in [4.78, 5) is 75.3. The van der Waals surface area contributed by atoms with Gasteiger partial charge in [-0.2, -0.15) is 0 Å². The van der Waals surface area contributed by atoms with Crippen LogP contribution in [0, 0.1) is 46.4 Å². The van der Waals surface area contributed by atoms with E-state index in [9.17, 15) is 29.4 Å². The lowest BCUT2D eigenvalue weighted by Gasteiger charge is -2.40. The van der Waals surface area contributed by atoms with Crippen LogP contribution in [0.25, 0.3) is 22.1 Å². The van der Waals surface area contributed by atoms with Gasteiger partial charge in [0.15, 0.2) is 11.6 Å². The van der Waals surface area contributed by atoms with Gasteiger partial charge in [0.05, 0.1) is 46.2 Å². The Bertz CT molecular complexity index is 2930. The van der Waals surface area contributed by atoms with E-state index in [-0.39, 0.29) is 64.4 Å². The monoisotopic (exact) mass is 1100 g/mol. The molecule has 0 spiro atoms. The Labute approximate surface area is 454 Å². The van der Waals surface area contributed by atoms with Gasteiger partial charge >= 0.3 is 12.2 Å². The predicted octanol–water partition coefficient (Wildman–Crippen LogP) is 9.79. The van der Waals surface area contributed by atoms with Crippen molar-refractivity contribution in [2.24, 2.45) is 23.2 Å². The summed E-state index contributed by atoms with van der Waals surface area (Å²) in [7, 11) is 0. The van der Waals surface area contributed by atoms with Gasteiger partial charge in [-0.3, -0.25) is 9.59 Å². The molecule has 22 heteroatoms. The normalized spacial score (nSPS) is 23.7. The summed E-state index contributed by atoms with van der Waals surface area (Å²) in [6.45, 7) is 9.82. The number of H-pyrrole nitrogens is 2. The largest absolute Gasteiger partial charge is 0.465 e. The highest BCUT2D eigenvalue weighted by atomic mass is 19.1. The second-order valence-electron chi connectivity index (χ2n) is 23.6. The molecule has 8 heterocycles. The molecule has 0 saturated carbocycles. The highest BCUT2D eigenvalue weighted by molar-refractivity contribution is 5.87. The molecule has 79 heavy (non-hydrogen) atoms. The zero-order chi connectivity index (χ0) is 55.4. The van der Waals surface area contributed by atoms with E-state index in [4.69, 9.17) is 19.4 Å². The van der Waals surface area contributed by atoms with Crippen molar-refractivity contribution in [3.05, 3.63) is 82.4 Å². The number of nitrogens with one attached hydrogen (secondary N) is 4. The number of nitrogens with zero attached hydrogens (tertiary/aromatic N) is 6. The standard InChI is InChI=1S/C57H70F4N10O8/c1-57(2,3)32-10-18-68(19-11-32)50-38(60)24-33(25-39(50)61)71-44(34-26-40-42(28-36(34)58)64-51(62-40)46-6-4-16-69(46)53(72)48(66-55(74)75)30-12-20-78-21-13-30)8-9-45(71)35-27-41-43(29-37(35)59)65-52(63-41)47-7-5-17-70(47)54(73)49(67-56(76)77)31-14-22-79-23-15-31/h24-32,44-49,66-67H,4-23H2,1-3H3,(H,62,64)(H,63,65)(H,74,75)(H,76,77)/t44-,45+,46?,47?,48-,49?/m0/s1. The van der Waals surface area contributed by atoms with Gasteiger partial charge in [-0.15, -0.1) is 0 Å². The molecule has 6 fully saturated rings. The molecule has 3 unspecified atom stereocenters. The molecule has 4 amide bonds. The number of rotatable bonds is 12. The number of carbonyl (C=O) groups excluding carboxylic acids is 2. The number of carbonyl (C=O) groups is 4. The Morgan fingerprint density at radius 3 is 1.42 bits per heavy atom. The molecule has 6 aliphatic rings. The van der Waals surface area contributed by atoms with Crippen molar-refractivity contribution < 1.29 is 56.4 Å². The number of carboxylic acid groups (broad SMARTS) is 2. The molecule has 2 aromatic heterocycles. The zero-order valence-electron chi connectivity index (χ0n) is 44.8. The highest BCUT2D eigenvalue weighted by Crippen LogP contribution is 2.50. The van der Waals surface area contributed by atoms with Crippen molar-refractivity contribution in [2.45, 2.75) is 134 Å². The number of aromatic amines is 2. The maximum atomic E-state index is 17.0. The Morgan fingerprint density at radius 2 is 1.01 bits per heavy atom. The van der Waals surface area contributed by atoms with Crippen molar-refractivity contribution in [3.8, 4) is 0 Å². The third-order valence-corrected chi connectivity index (χ3v) is 17.9. The minimum atomic E-state index is -1.30. The molecule has 0 radical (unpaired) electrons. The van der Waals surface area contributed by atoms with Crippen molar-refractivity contribution in [3.63, 3.8) is 0 Å². The fourth-order valence-corrected chi connectivity index (χ4v) is 13.8. The SMILES string of the molecule is CC(C)(C)C1CCN(c2c(F)cc(N3[C@@H](c4cc5nc(C6CCCN6C(=O)C(NC(=O)O)C6CCOCC6)[nH]c5cc4F)CC[C@H]3c3cc4nc(C5CCCN5C(=O)[C@@H](NC(=O)O)C5CCOCC5)[nH]c4cc3F)cc2F)CC1. The average Bonchev–Trinajstić information content (AvgIpc) is 4.51. The van der Waals surface area contributed by atoms with Crippen LogP contribution < -0.4 is 20.4 Å². The number of fused-ring (bicyclic) bond motifs is 2. The maximum Gasteiger partial charge on any atom is 0.405 e. The second-order valence-corrected chi connectivity index (χ2v) is 23.6. The molecule has 6 N–H and O–H groups in total. The second kappa shape index (κ2) is 22.1. The summed E-state index contributed by atoms with van der Waals surface area (Å²) in [6, 6.07) is 3.49. The van der Waals surface area contributed by atoms with Crippen molar-refractivity contribution in [1.82, 2.24) is 40.4 Å². The van der Waals surface area contributed by atoms with E-state index < -0.39 is 71.7 Å². The summed E-state index contributed by atoms with van der Waals surface area (Å²) < 4.78 is 78.6. The number of piperidine rings is 1. The topological polar surface area (TPSA) is 222 Å². The summed E-state index contributed by atoms with van der Waals surface area (Å²) in [6.07, 6.45) is 3.78. The fourth-order valence-electron chi connectivity index (χ4n) is 13.8. The Kier molecular flexibility index (Phi) is 15.2. The van der Waals surface area contributed by atoms with E-state index in [2.05, 4.69) is 41.4 Å². The first-order chi connectivity index (χ1) is 37.9. The minimum absolute atomic E-state index is 0.0365. The minimum Gasteiger partial charge on any atom is -0.465 e. The fraction of sp³-hybridized carbons (Fsp3) is 0.579. The first-order valence-electron chi connectivity index (χ1n) is 28.1. The van der Waals surface area contributed by atoms with Crippen LogP contribution in [0.15, 0.2) is 36.4 Å². The van der Waals surface area contributed by atoms with Crippen LogP contribution in [0.3, 0.4) is 0 Å². The van der Waals surface area contributed by atoms with Crippen LogP contribution in [0.2, 0.25) is 0 Å². The van der Waals surface area contributed by atoms with Crippen LogP contribution in [0.4, 0.5) is 38.5 Å². The van der Waals surface area contributed by atoms with Crippen LogP contribution >= 0.6 is 0 Å². The predicted molar refractivity (Wildman–Crippen MR) is 284 cm³/mol. The first-order valence-corrected chi connectivity index (χ1v) is 28.1. The molecular weight excluding hydrogens is 1030 g/mol. The average molecular weight is 1100 g/mol. The third-order valence-electron chi connectivity index (χ3n) is 17.9. The van der Waals surface area contributed by atoms with Gasteiger partial charge in [0, 0.05) is 69.4 Å². The number of halogens is 4. The van der Waals surface area contributed by atoms with Crippen molar-refractivity contribution >= 4 is 57.4 Å². The number of amides is 4. The molecule has 6 saturated heterocycles. The van der Waals surface area contributed by atoms with Crippen LogP contribution in [0.5, 0.6) is 0 Å². The number of hydrogen-bond acceptors (Lipinski definition) is 10. The van der Waals surface area contributed by atoms with E-state index in [0.29, 0.717) is 144 Å². The zero-order valence-corrected chi connectivity index (χ0v) is 44.8. The molecule has 424 valence electrons. The Balaban J connectivity index is 0.928. The molecule has 0 aliphatic carbocycles.